The summed E-state index contributed by atoms with van der Waals surface area (Å²) < 4.78 is 5.27. The molecule has 0 aromatic heterocycles. The van der Waals surface area contributed by atoms with Crippen LogP contribution in [0.4, 0.5) is 0 Å². The highest BCUT2D eigenvalue weighted by atomic mass is 17.2. The van der Waals surface area contributed by atoms with E-state index in [2.05, 4.69) is 13.8 Å². The van der Waals surface area contributed by atoms with Crippen molar-refractivity contribution < 1.29 is 14.5 Å². The Hall–Kier alpha value is -0.120. The summed E-state index contributed by atoms with van der Waals surface area (Å²) in [6, 6.07) is 0. The van der Waals surface area contributed by atoms with E-state index in [-0.39, 0.29) is 0 Å². The Balaban J connectivity index is 2.76. The lowest BCUT2D eigenvalue weighted by molar-refractivity contribution is -0.296. The molecule has 13 heavy (non-hydrogen) atoms. The molecule has 0 fully saturated rings. The maximum Gasteiger partial charge on any atom is 0.0844 e. The molecule has 0 amide bonds. The van der Waals surface area contributed by atoms with Crippen molar-refractivity contribution >= 4 is 0 Å². The minimum absolute atomic E-state index is 0.632. The summed E-state index contributed by atoms with van der Waals surface area (Å²) in [5.41, 5.74) is 0. The predicted molar refractivity (Wildman–Crippen MR) is 52.5 cm³/mol. The SMILES string of the molecule is CCCCOOCCCOCCC. The quantitative estimate of drug-likeness (QED) is 0.301. The normalized spacial score (nSPS) is 10.6. The molecule has 80 valence electrons. The van der Waals surface area contributed by atoms with Crippen LogP contribution >= 0.6 is 0 Å². The zero-order valence-electron chi connectivity index (χ0n) is 8.88. The van der Waals surface area contributed by atoms with Crippen molar-refractivity contribution in [2.24, 2.45) is 0 Å². The van der Waals surface area contributed by atoms with Crippen LogP contribution in [-0.4, -0.2) is 26.4 Å². The van der Waals surface area contributed by atoms with E-state index in [1.165, 1.54) is 0 Å². The third-order valence-electron chi connectivity index (χ3n) is 1.53. The Labute approximate surface area is 81.3 Å². The number of ether oxygens (including phenoxy) is 1. The van der Waals surface area contributed by atoms with Crippen molar-refractivity contribution in [1.29, 1.82) is 0 Å². The Morgan fingerprint density at radius 1 is 0.692 bits per heavy atom. The van der Waals surface area contributed by atoms with Crippen molar-refractivity contribution in [1.82, 2.24) is 0 Å². The molecule has 0 aromatic carbocycles. The lowest BCUT2D eigenvalue weighted by atomic mass is 10.4. The van der Waals surface area contributed by atoms with E-state index in [0.29, 0.717) is 13.2 Å². The van der Waals surface area contributed by atoms with Crippen molar-refractivity contribution in [2.45, 2.75) is 39.5 Å². The fourth-order valence-electron chi connectivity index (χ4n) is 0.787. The Morgan fingerprint density at radius 3 is 2.00 bits per heavy atom. The maximum absolute atomic E-state index is 5.27. The Bertz CT molecular complexity index is 76.2. The molecule has 0 bridgehead atoms. The van der Waals surface area contributed by atoms with Crippen LogP contribution in [0.3, 0.4) is 0 Å². The number of hydrogen-bond acceptors (Lipinski definition) is 3. The molecule has 0 aliphatic rings. The zero-order chi connectivity index (χ0) is 9.78. The number of unbranched alkanes of at least 4 members (excludes halogenated alkanes) is 1. The first-order valence-corrected chi connectivity index (χ1v) is 5.24. The maximum atomic E-state index is 5.27. The van der Waals surface area contributed by atoms with Crippen molar-refractivity contribution in [3.8, 4) is 0 Å². The van der Waals surface area contributed by atoms with Crippen LogP contribution < -0.4 is 0 Å². The van der Waals surface area contributed by atoms with Crippen LogP contribution in [-0.2, 0) is 14.5 Å². The van der Waals surface area contributed by atoms with Gasteiger partial charge in [-0.15, -0.1) is 0 Å². The molecule has 0 saturated carbocycles. The van der Waals surface area contributed by atoms with Crippen LogP contribution in [0.25, 0.3) is 0 Å². The third kappa shape index (κ3) is 11.9. The average molecular weight is 190 g/mol. The molecule has 3 nitrogen and oxygen atoms in total. The highest BCUT2D eigenvalue weighted by Crippen LogP contribution is 1.91. The van der Waals surface area contributed by atoms with Gasteiger partial charge in [-0.3, -0.25) is 0 Å². The molecular weight excluding hydrogens is 168 g/mol. The highest BCUT2D eigenvalue weighted by molar-refractivity contribution is 4.32. The van der Waals surface area contributed by atoms with Crippen LogP contribution in [0, 0.1) is 0 Å². The molecule has 0 heterocycles. The van der Waals surface area contributed by atoms with Gasteiger partial charge in [0.1, 0.15) is 0 Å². The summed E-state index contributed by atoms with van der Waals surface area (Å²) in [6.07, 6.45) is 4.19. The van der Waals surface area contributed by atoms with E-state index >= 15 is 0 Å². The minimum Gasteiger partial charge on any atom is -0.381 e. The monoisotopic (exact) mass is 190 g/mol. The van der Waals surface area contributed by atoms with Crippen LogP contribution in [0.15, 0.2) is 0 Å². The predicted octanol–water partition coefficient (Wildman–Crippen LogP) is 2.55. The van der Waals surface area contributed by atoms with E-state index < -0.39 is 0 Å². The Kier molecular flexibility index (Phi) is 11.8. The van der Waals surface area contributed by atoms with Gasteiger partial charge in [-0.1, -0.05) is 20.3 Å². The van der Waals surface area contributed by atoms with E-state index in [9.17, 15) is 0 Å². The topological polar surface area (TPSA) is 27.7 Å². The van der Waals surface area contributed by atoms with Crippen molar-refractivity contribution in [2.75, 3.05) is 26.4 Å². The van der Waals surface area contributed by atoms with Crippen LogP contribution in [0.1, 0.15) is 39.5 Å². The Morgan fingerprint density at radius 2 is 1.38 bits per heavy atom. The fourth-order valence-corrected chi connectivity index (χ4v) is 0.787. The van der Waals surface area contributed by atoms with Crippen LogP contribution in [0.2, 0.25) is 0 Å². The van der Waals surface area contributed by atoms with Crippen molar-refractivity contribution in [3.05, 3.63) is 0 Å². The first-order valence-electron chi connectivity index (χ1n) is 5.24. The fraction of sp³-hybridized carbons (Fsp3) is 1.00. The summed E-state index contributed by atoms with van der Waals surface area (Å²) >= 11 is 0. The largest absolute Gasteiger partial charge is 0.381 e. The average Bonchev–Trinajstić information content (AvgIpc) is 2.16. The summed E-state index contributed by atoms with van der Waals surface area (Å²) in [5.74, 6) is 0. The van der Waals surface area contributed by atoms with E-state index in [4.69, 9.17) is 14.5 Å². The summed E-state index contributed by atoms with van der Waals surface area (Å²) in [5, 5.41) is 0. The lowest BCUT2D eigenvalue weighted by Gasteiger charge is -2.03. The van der Waals surface area contributed by atoms with Gasteiger partial charge in [0.15, 0.2) is 0 Å². The molecule has 0 unspecified atom stereocenters. The summed E-state index contributed by atoms with van der Waals surface area (Å²) in [4.78, 5) is 9.86. The molecule has 0 aromatic rings. The first kappa shape index (κ1) is 12.9. The van der Waals surface area contributed by atoms with Gasteiger partial charge in [0.25, 0.3) is 0 Å². The second-order valence-corrected chi connectivity index (χ2v) is 2.96. The molecule has 0 N–H and O–H groups in total. The van der Waals surface area contributed by atoms with Gasteiger partial charge >= 0.3 is 0 Å². The number of hydrogen-bond donors (Lipinski definition) is 0. The van der Waals surface area contributed by atoms with E-state index in [0.717, 1.165) is 38.9 Å². The van der Waals surface area contributed by atoms with Gasteiger partial charge in [0.2, 0.25) is 0 Å². The second-order valence-electron chi connectivity index (χ2n) is 2.96. The first-order chi connectivity index (χ1) is 6.41. The molecule has 3 heteroatoms. The standard InChI is InChI=1S/C10H22O3/c1-3-5-9-12-13-10-6-8-11-7-4-2/h3-10H2,1-2H3. The molecule has 0 spiro atoms. The molecule has 0 aliphatic carbocycles. The molecule has 0 saturated heterocycles. The van der Waals surface area contributed by atoms with E-state index in [1.54, 1.807) is 0 Å². The molecule has 0 radical (unpaired) electrons. The smallest absolute Gasteiger partial charge is 0.0844 e. The van der Waals surface area contributed by atoms with E-state index in [1.807, 2.05) is 0 Å². The second kappa shape index (κ2) is 11.9. The number of rotatable bonds is 10. The highest BCUT2D eigenvalue weighted by Gasteiger charge is 1.90. The van der Waals surface area contributed by atoms with Gasteiger partial charge in [-0.2, -0.15) is 0 Å². The third-order valence-corrected chi connectivity index (χ3v) is 1.53. The molecule has 0 atom stereocenters. The van der Waals surface area contributed by atoms with Gasteiger partial charge in [-0.25, -0.2) is 9.78 Å². The lowest BCUT2D eigenvalue weighted by Crippen LogP contribution is -2.03. The minimum atomic E-state index is 0.632. The van der Waals surface area contributed by atoms with Crippen molar-refractivity contribution in [3.63, 3.8) is 0 Å². The van der Waals surface area contributed by atoms with Gasteiger partial charge < -0.3 is 4.74 Å². The van der Waals surface area contributed by atoms with Gasteiger partial charge in [0, 0.05) is 13.2 Å². The summed E-state index contributed by atoms with van der Waals surface area (Å²) in [7, 11) is 0. The van der Waals surface area contributed by atoms with Gasteiger partial charge in [-0.05, 0) is 19.3 Å². The molecule has 0 rings (SSSR count). The summed E-state index contributed by atoms with van der Waals surface area (Å²) in [6.45, 7) is 7.17. The zero-order valence-corrected chi connectivity index (χ0v) is 8.88. The molecule has 0 aliphatic heterocycles. The van der Waals surface area contributed by atoms with Gasteiger partial charge in [0.05, 0.1) is 13.2 Å². The van der Waals surface area contributed by atoms with Crippen LogP contribution in [0.5, 0.6) is 0 Å². The molecular formula is C10H22O3.